The van der Waals surface area contributed by atoms with E-state index in [0.717, 1.165) is 0 Å². The van der Waals surface area contributed by atoms with Gasteiger partial charge < -0.3 is 10.1 Å². The second-order valence-corrected chi connectivity index (χ2v) is 9.65. The minimum atomic E-state index is -3.46. The molecule has 2 N–H and O–H groups in total. The number of sulfone groups is 1. The molecule has 1 aliphatic rings. The molecule has 9 heteroatoms. The number of amides is 1. The van der Waals surface area contributed by atoms with Crippen LogP contribution in [0.1, 0.15) is 6.42 Å². The van der Waals surface area contributed by atoms with Gasteiger partial charge in [0.15, 0.2) is 9.84 Å². The Morgan fingerprint density at radius 3 is 2.82 bits per heavy atom. The van der Waals surface area contributed by atoms with Gasteiger partial charge in [0.1, 0.15) is 16.7 Å². The summed E-state index contributed by atoms with van der Waals surface area (Å²) < 4.78 is 48.3. The molecule has 0 bridgehead atoms. The Labute approximate surface area is 129 Å². The van der Waals surface area contributed by atoms with Gasteiger partial charge in [-0.3, -0.25) is 13.8 Å². The average Bonchev–Trinajstić information content (AvgIpc) is 2.36. The lowest BCUT2D eigenvalue weighted by Crippen LogP contribution is -2.38. The lowest BCUT2D eigenvalue weighted by Gasteiger charge is -2.25. The topological polar surface area (TPSA) is 113 Å². The van der Waals surface area contributed by atoms with E-state index in [1.807, 2.05) is 0 Å². The molecular formula is C13H18N2O5S2. The minimum absolute atomic E-state index is 0.0609. The first-order valence-electron chi connectivity index (χ1n) is 6.64. The molecule has 122 valence electrons. The molecule has 2 atom stereocenters. The lowest BCUT2D eigenvalue weighted by molar-refractivity contribution is -0.122. The molecular weight excluding hydrogens is 328 g/mol. The number of fused-ring (bicyclic) bond motifs is 1. The van der Waals surface area contributed by atoms with Gasteiger partial charge >= 0.3 is 0 Å². The fourth-order valence-corrected chi connectivity index (χ4v) is 4.17. The van der Waals surface area contributed by atoms with E-state index < -0.39 is 25.7 Å². The van der Waals surface area contributed by atoms with Crippen LogP contribution in [0.2, 0.25) is 0 Å². The predicted molar refractivity (Wildman–Crippen MR) is 82.2 cm³/mol. The smallest absolute Gasteiger partial charge is 0.223 e. The molecule has 7 nitrogen and oxygen atoms in total. The molecule has 2 rings (SSSR count). The Morgan fingerprint density at radius 1 is 1.45 bits per heavy atom. The summed E-state index contributed by atoms with van der Waals surface area (Å²) in [6, 6.07) is 6.33. The van der Waals surface area contributed by atoms with Crippen molar-refractivity contribution >= 4 is 25.5 Å². The highest BCUT2D eigenvalue weighted by molar-refractivity contribution is 7.91. The normalized spacial score (nSPS) is 22.0. The summed E-state index contributed by atoms with van der Waals surface area (Å²) >= 11 is 0. The van der Waals surface area contributed by atoms with Gasteiger partial charge in [-0.25, -0.2) is 8.42 Å². The largest absolute Gasteiger partial charge is 0.487 e. The molecule has 0 radical (unpaired) electrons. The molecule has 22 heavy (non-hydrogen) atoms. The molecule has 1 aliphatic heterocycles. The fourth-order valence-electron chi connectivity index (χ4n) is 2.12. The fraction of sp³-hybridized carbons (Fsp3) is 0.462. The second kappa shape index (κ2) is 6.25. The van der Waals surface area contributed by atoms with Crippen molar-refractivity contribution in [1.29, 1.82) is 4.78 Å². The Bertz CT molecular complexity index is 771. The van der Waals surface area contributed by atoms with Crippen molar-refractivity contribution in [2.45, 2.75) is 17.4 Å². The van der Waals surface area contributed by atoms with Crippen LogP contribution < -0.4 is 10.1 Å². The zero-order valence-electron chi connectivity index (χ0n) is 12.1. The molecule has 0 saturated carbocycles. The number of para-hydroxylation sites is 1. The highest BCUT2D eigenvalue weighted by Gasteiger charge is 2.32. The third-order valence-corrected chi connectivity index (χ3v) is 5.91. The number of ether oxygens (including phenoxy) is 1. The first kappa shape index (κ1) is 16.8. The molecule has 2 unspecified atom stereocenters. The quantitative estimate of drug-likeness (QED) is 0.801. The van der Waals surface area contributed by atoms with Crippen LogP contribution in [0.5, 0.6) is 5.75 Å². The maximum absolute atomic E-state index is 12.1. The molecule has 0 aliphatic carbocycles. The average molecular weight is 346 g/mol. The van der Waals surface area contributed by atoms with Crippen molar-refractivity contribution in [3.05, 3.63) is 24.3 Å². The van der Waals surface area contributed by atoms with Crippen molar-refractivity contribution in [1.82, 2.24) is 5.32 Å². The van der Waals surface area contributed by atoms with Gasteiger partial charge in [0.2, 0.25) is 5.91 Å². The van der Waals surface area contributed by atoms with E-state index in [-0.39, 0.29) is 41.0 Å². The maximum atomic E-state index is 12.1. The van der Waals surface area contributed by atoms with Crippen molar-refractivity contribution in [2.75, 3.05) is 24.3 Å². The van der Waals surface area contributed by atoms with Gasteiger partial charge in [-0.05, 0) is 12.1 Å². The van der Waals surface area contributed by atoms with Crippen molar-refractivity contribution < 1.29 is 22.2 Å². The van der Waals surface area contributed by atoms with E-state index in [2.05, 4.69) is 5.32 Å². The number of benzene rings is 1. The number of nitrogens with one attached hydrogen (secondary N) is 2. The number of carbonyl (C=O) groups is 1. The Hall–Kier alpha value is -1.61. The Kier molecular flexibility index (Phi) is 4.76. The summed E-state index contributed by atoms with van der Waals surface area (Å²) in [5.74, 6) is -0.316. The van der Waals surface area contributed by atoms with E-state index in [4.69, 9.17) is 9.52 Å². The van der Waals surface area contributed by atoms with Gasteiger partial charge in [0.25, 0.3) is 0 Å². The van der Waals surface area contributed by atoms with E-state index in [1.165, 1.54) is 12.3 Å². The number of hydrogen-bond donors (Lipinski definition) is 2. The van der Waals surface area contributed by atoms with Gasteiger partial charge in [0, 0.05) is 28.3 Å². The molecule has 0 spiro atoms. The summed E-state index contributed by atoms with van der Waals surface area (Å²) in [7, 11) is -6.11. The maximum Gasteiger partial charge on any atom is 0.223 e. The zero-order valence-corrected chi connectivity index (χ0v) is 13.7. The number of rotatable bonds is 5. The lowest BCUT2D eigenvalue weighted by atomic mass is 10.2. The van der Waals surface area contributed by atoms with Crippen LogP contribution >= 0.6 is 0 Å². The summed E-state index contributed by atoms with van der Waals surface area (Å²) in [5.41, 5.74) is 0. The molecule has 1 heterocycles. The van der Waals surface area contributed by atoms with Crippen LogP contribution in [-0.4, -0.2) is 48.9 Å². The van der Waals surface area contributed by atoms with Crippen molar-refractivity contribution in [3.8, 4) is 5.75 Å². The standard InChI is InChI=1S/C13H18N2O5S2/c1-21(14,17)7-6-15-13(16)8-10-9-22(18,19)12-5-3-2-4-11(12)20-10/h2-5,10,14H,6-9H2,1H3,(H,15,16). The summed E-state index contributed by atoms with van der Waals surface area (Å²) in [6.07, 6.45) is 0.450. The van der Waals surface area contributed by atoms with Crippen LogP contribution in [0, 0.1) is 4.78 Å². The van der Waals surface area contributed by atoms with E-state index in [9.17, 15) is 17.4 Å². The highest BCUT2D eigenvalue weighted by Crippen LogP contribution is 2.31. The third kappa shape index (κ3) is 4.44. The van der Waals surface area contributed by atoms with Crippen LogP contribution in [-0.2, 0) is 24.4 Å². The van der Waals surface area contributed by atoms with Crippen LogP contribution in [0.4, 0.5) is 0 Å². The molecule has 1 aromatic rings. The number of hydrogen-bond acceptors (Lipinski definition) is 6. The minimum Gasteiger partial charge on any atom is -0.487 e. The summed E-state index contributed by atoms with van der Waals surface area (Å²) in [5, 5.41) is 2.52. The van der Waals surface area contributed by atoms with Crippen molar-refractivity contribution in [2.24, 2.45) is 0 Å². The Morgan fingerprint density at radius 2 is 2.14 bits per heavy atom. The van der Waals surface area contributed by atoms with Crippen molar-refractivity contribution in [3.63, 3.8) is 0 Å². The first-order chi connectivity index (χ1) is 10.2. The van der Waals surface area contributed by atoms with Crippen LogP contribution in [0.3, 0.4) is 0 Å². The number of carbonyl (C=O) groups excluding carboxylic acids is 1. The third-order valence-electron chi connectivity index (χ3n) is 3.11. The van der Waals surface area contributed by atoms with Gasteiger partial charge in [-0.15, -0.1) is 0 Å². The van der Waals surface area contributed by atoms with Crippen LogP contribution in [0.15, 0.2) is 29.2 Å². The zero-order chi connectivity index (χ0) is 16.4. The first-order valence-corrected chi connectivity index (χ1v) is 10.4. The Balaban J connectivity index is 1.97. The van der Waals surface area contributed by atoms with E-state index >= 15 is 0 Å². The molecule has 0 fully saturated rings. The highest BCUT2D eigenvalue weighted by atomic mass is 32.2. The summed E-state index contributed by atoms with van der Waals surface area (Å²) in [6.45, 7) is 0.119. The predicted octanol–water partition coefficient (Wildman–Crippen LogP) is 0.404. The second-order valence-electron chi connectivity index (χ2n) is 5.23. The van der Waals surface area contributed by atoms with E-state index in [0.29, 0.717) is 0 Å². The summed E-state index contributed by atoms with van der Waals surface area (Å²) in [4.78, 5) is 11.9. The molecule has 0 aromatic heterocycles. The van der Waals surface area contributed by atoms with E-state index in [1.54, 1.807) is 18.2 Å². The van der Waals surface area contributed by atoms with Gasteiger partial charge in [0.05, 0.1) is 12.2 Å². The van der Waals surface area contributed by atoms with Gasteiger partial charge in [-0.2, -0.15) is 0 Å². The molecule has 1 amide bonds. The molecule has 0 saturated heterocycles. The SMILES string of the molecule is CS(=N)(=O)CCNC(=O)CC1CS(=O)(=O)c2ccccc2O1. The van der Waals surface area contributed by atoms with Gasteiger partial charge in [-0.1, -0.05) is 12.1 Å². The van der Waals surface area contributed by atoms with Crippen LogP contribution in [0.25, 0.3) is 0 Å². The molecule has 1 aromatic carbocycles. The monoisotopic (exact) mass is 346 g/mol.